The summed E-state index contributed by atoms with van der Waals surface area (Å²) in [4.78, 5) is 14.0. The minimum Gasteiger partial charge on any atom is -0.391 e. The summed E-state index contributed by atoms with van der Waals surface area (Å²) in [6.45, 7) is 1.41. The van der Waals surface area contributed by atoms with E-state index in [1.807, 2.05) is 7.05 Å². The zero-order valence-electron chi connectivity index (χ0n) is 13.5. The van der Waals surface area contributed by atoms with Crippen molar-refractivity contribution in [2.75, 3.05) is 20.1 Å². The van der Waals surface area contributed by atoms with Gasteiger partial charge in [0.25, 0.3) is 0 Å². The van der Waals surface area contributed by atoms with Crippen molar-refractivity contribution < 1.29 is 9.90 Å². The minimum absolute atomic E-state index is 0.00656. The molecule has 2 aromatic rings. The number of nitrogens with zero attached hydrogens (tertiary/aromatic N) is 1. The number of likely N-dealkylation sites (N-methyl/N-ethyl adjacent to an activating group) is 1. The Kier molecular flexibility index (Phi) is 4.94. The molecular formula is C19H24N2O2. The predicted molar refractivity (Wildman–Crippen MR) is 92.3 cm³/mol. The lowest BCUT2D eigenvalue weighted by Crippen LogP contribution is -2.46. The van der Waals surface area contributed by atoms with Crippen LogP contribution in [0.25, 0.3) is 10.8 Å². The van der Waals surface area contributed by atoms with Crippen LogP contribution < -0.4 is 5.32 Å². The van der Waals surface area contributed by atoms with Crippen molar-refractivity contribution >= 4 is 16.7 Å². The fourth-order valence-corrected chi connectivity index (χ4v) is 3.31. The number of aryl methyl sites for hydroxylation is 1. The highest BCUT2D eigenvalue weighted by Gasteiger charge is 2.32. The molecule has 1 heterocycles. The number of aliphatic hydroxyl groups is 1. The summed E-state index contributed by atoms with van der Waals surface area (Å²) in [6, 6.07) is 14.3. The largest absolute Gasteiger partial charge is 0.391 e. The molecule has 1 aliphatic heterocycles. The second-order valence-corrected chi connectivity index (χ2v) is 6.29. The van der Waals surface area contributed by atoms with Gasteiger partial charge in [-0.25, -0.2) is 0 Å². The maximum Gasteiger partial charge on any atom is 0.242 e. The monoisotopic (exact) mass is 312 g/mol. The van der Waals surface area contributed by atoms with Crippen LogP contribution in [-0.2, 0) is 11.2 Å². The molecule has 2 N–H and O–H groups in total. The van der Waals surface area contributed by atoms with E-state index in [0.29, 0.717) is 19.5 Å². The Bertz CT molecular complexity index is 681. The van der Waals surface area contributed by atoms with Gasteiger partial charge in [-0.2, -0.15) is 0 Å². The highest BCUT2D eigenvalue weighted by Crippen LogP contribution is 2.20. The standard InChI is InChI=1S/C19H24N2O2/c1-21(19(23)18-17(22)11-12-20-18)13-5-9-15-8-4-7-14-6-2-3-10-16(14)15/h2-4,6-8,10,17-18,20,22H,5,9,11-13H2,1H3/t17?,18-/m0/s1. The third-order valence-electron chi connectivity index (χ3n) is 4.65. The molecule has 1 amide bonds. The fraction of sp³-hybridized carbons (Fsp3) is 0.421. The molecule has 2 atom stereocenters. The van der Waals surface area contributed by atoms with Gasteiger partial charge in [0.1, 0.15) is 6.04 Å². The van der Waals surface area contributed by atoms with Crippen molar-refractivity contribution in [2.24, 2.45) is 0 Å². The fourth-order valence-electron chi connectivity index (χ4n) is 3.31. The van der Waals surface area contributed by atoms with Crippen molar-refractivity contribution in [2.45, 2.75) is 31.4 Å². The zero-order chi connectivity index (χ0) is 16.2. The number of carbonyl (C=O) groups excluding carboxylic acids is 1. The van der Waals surface area contributed by atoms with Crippen LogP contribution in [0.4, 0.5) is 0 Å². The molecule has 0 saturated carbocycles. The molecule has 122 valence electrons. The Hall–Kier alpha value is -1.91. The lowest BCUT2D eigenvalue weighted by atomic mass is 10.0. The topological polar surface area (TPSA) is 52.6 Å². The van der Waals surface area contributed by atoms with Gasteiger partial charge in [-0.1, -0.05) is 42.5 Å². The van der Waals surface area contributed by atoms with Gasteiger partial charge in [0.2, 0.25) is 5.91 Å². The maximum absolute atomic E-state index is 12.3. The van der Waals surface area contributed by atoms with Crippen LogP contribution in [0.15, 0.2) is 42.5 Å². The van der Waals surface area contributed by atoms with E-state index in [4.69, 9.17) is 0 Å². The summed E-state index contributed by atoms with van der Waals surface area (Å²) in [7, 11) is 1.82. The van der Waals surface area contributed by atoms with Crippen LogP contribution >= 0.6 is 0 Å². The average Bonchev–Trinajstić information content (AvgIpc) is 3.00. The number of fused-ring (bicyclic) bond motifs is 1. The van der Waals surface area contributed by atoms with Gasteiger partial charge >= 0.3 is 0 Å². The number of aliphatic hydroxyl groups excluding tert-OH is 1. The van der Waals surface area contributed by atoms with Crippen LogP contribution in [0.2, 0.25) is 0 Å². The molecule has 23 heavy (non-hydrogen) atoms. The Morgan fingerprint density at radius 1 is 1.26 bits per heavy atom. The normalized spacial score (nSPS) is 20.8. The maximum atomic E-state index is 12.3. The molecule has 1 saturated heterocycles. The van der Waals surface area contributed by atoms with Crippen LogP contribution in [-0.4, -0.2) is 48.2 Å². The van der Waals surface area contributed by atoms with E-state index in [1.165, 1.54) is 16.3 Å². The van der Waals surface area contributed by atoms with Gasteiger partial charge in [0, 0.05) is 13.6 Å². The molecule has 0 aromatic heterocycles. The van der Waals surface area contributed by atoms with Crippen molar-refractivity contribution in [1.82, 2.24) is 10.2 Å². The first-order valence-electron chi connectivity index (χ1n) is 8.30. The number of amides is 1. The van der Waals surface area contributed by atoms with Crippen LogP contribution in [0.3, 0.4) is 0 Å². The van der Waals surface area contributed by atoms with Gasteiger partial charge in [-0.05, 0) is 42.1 Å². The molecule has 1 fully saturated rings. The van der Waals surface area contributed by atoms with Crippen LogP contribution in [0, 0.1) is 0 Å². The predicted octanol–water partition coefficient (Wildman–Crippen LogP) is 1.95. The van der Waals surface area contributed by atoms with Crippen molar-refractivity contribution in [3.8, 4) is 0 Å². The van der Waals surface area contributed by atoms with Gasteiger partial charge in [-0.15, -0.1) is 0 Å². The lowest BCUT2D eigenvalue weighted by Gasteiger charge is -2.23. The third kappa shape index (κ3) is 3.54. The number of rotatable bonds is 5. The molecule has 1 aliphatic rings. The quantitative estimate of drug-likeness (QED) is 0.887. The molecular weight excluding hydrogens is 288 g/mol. The molecule has 0 radical (unpaired) electrons. The molecule has 3 rings (SSSR count). The first kappa shape index (κ1) is 16.0. The summed E-state index contributed by atoms with van der Waals surface area (Å²) in [6.07, 6.45) is 1.96. The van der Waals surface area contributed by atoms with Crippen molar-refractivity contribution in [1.29, 1.82) is 0 Å². The molecule has 2 aromatic carbocycles. The van der Waals surface area contributed by atoms with E-state index >= 15 is 0 Å². The van der Waals surface area contributed by atoms with Crippen LogP contribution in [0.5, 0.6) is 0 Å². The summed E-state index contributed by atoms with van der Waals surface area (Å²) in [5.74, 6) is -0.00656. The molecule has 4 nitrogen and oxygen atoms in total. The van der Waals surface area contributed by atoms with E-state index in [1.54, 1.807) is 4.90 Å². The number of nitrogens with one attached hydrogen (secondary N) is 1. The number of benzene rings is 2. The van der Waals surface area contributed by atoms with Crippen molar-refractivity contribution in [3.63, 3.8) is 0 Å². The van der Waals surface area contributed by atoms with Crippen molar-refractivity contribution in [3.05, 3.63) is 48.0 Å². The molecule has 1 unspecified atom stereocenters. The molecule has 4 heteroatoms. The Labute approximate surface area is 137 Å². The van der Waals surface area contributed by atoms with Crippen LogP contribution in [0.1, 0.15) is 18.4 Å². The minimum atomic E-state index is -0.553. The smallest absolute Gasteiger partial charge is 0.242 e. The van der Waals surface area contributed by atoms with E-state index < -0.39 is 12.1 Å². The van der Waals surface area contributed by atoms with Gasteiger partial charge in [0.05, 0.1) is 6.10 Å². The molecule has 0 bridgehead atoms. The Morgan fingerprint density at radius 2 is 2.04 bits per heavy atom. The van der Waals surface area contributed by atoms with E-state index in [0.717, 1.165) is 12.8 Å². The lowest BCUT2D eigenvalue weighted by molar-refractivity contribution is -0.133. The first-order chi connectivity index (χ1) is 11.2. The average molecular weight is 312 g/mol. The Morgan fingerprint density at radius 3 is 2.83 bits per heavy atom. The van der Waals surface area contributed by atoms with Gasteiger partial charge in [0.15, 0.2) is 0 Å². The van der Waals surface area contributed by atoms with Gasteiger partial charge in [-0.3, -0.25) is 4.79 Å². The summed E-state index contributed by atoms with van der Waals surface area (Å²) >= 11 is 0. The highest BCUT2D eigenvalue weighted by atomic mass is 16.3. The third-order valence-corrected chi connectivity index (χ3v) is 4.65. The highest BCUT2D eigenvalue weighted by molar-refractivity contribution is 5.85. The second kappa shape index (κ2) is 7.11. The summed E-state index contributed by atoms with van der Waals surface area (Å²) in [5, 5.41) is 15.4. The zero-order valence-corrected chi connectivity index (χ0v) is 13.5. The SMILES string of the molecule is CN(CCCc1cccc2ccccc12)C(=O)[C@H]1NCCC1O. The Balaban J connectivity index is 1.57. The van der Waals surface area contributed by atoms with E-state index in [2.05, 4.69) is 47.8 Å². The van der Waals surface area contributed by atoms with E-state index in [9.17, 15) is 9.90 Å². The first-order valence-corrected chi connectivity index (χ1v) is 8.30. The summed E-state index contributed by atoms with van der Waals surface area (Å²) < 4.78 is 0. The van der Waals surface area contributed by atoms with Gasteiger partial charge < -0.3 is 15.3 Å². The number of carbonyl (C=O) groups is 1. The van der Waals surface area contributed by atoms with E-state index in [-0.39, 0.29) is 5.91 Å². The summed E-state index contributed by atoms with van der Waals surface area (Å²) in [5.41, 5.74) is 1.32. The second-order valence-electron chi connectivity index (χ2n) is 6.29. The molecule has 0 aliphatic carbocycles. The molecule has 0 spiro atoms. The number of hydrogen-bond acceptors (Lipinski definition) is 3. The number of hydrogen-bond donors (Lipinski definition) is 2.